The first-order chi connectivity index (χ1) is 17.6. The van der Waals surface area contributed by atoms with Crippen LogP contribution in [0, 0.1) is 17.0 Å². The lowest BCUT2D eigenvalue weighted by Crippen LogP contribution is -2.62. The molecule has 0 radical (unpaired) electrons. The molecular weight excluding hydrogens is 484 g/mol. The summed E-state index contributed by atoms with van der Waals surface area (Å²) in [7, 11) is 6.11. The molecular formula is C24H30N6O7. The second-order valence-corrected chi connectivity index (χ2v) is 8.93. The molecule has 2 heterocycles. The second-order valence-electron chi connectivity index (χ2n) is 8.93. The van der Waals surface area contributed by atoms with Crippen molar-refractivity contribution in [3.8, 4) is 11.5 Å². The number of hydrogen-bond acceptors (Lipinski definition) is 11. The minimum Gasteiger partial charge on any atom is -0.497 e. The molecule has 13 heteroatoms. The van der Waals surface area contributed by atoms with Crippen LogP contribution < -0.4 is 14.4 Å². The molecule has 1 aliphatic heterocycles. The summed E-state index contributed by atoms with van der Waals surface area (Å²) < 4.78 is 22.7. The molecule has 3 atom stereocenters. The Hall–Kier alpha value is -3.81. The smallest absolute Gasteiger partial charge is 0.270 e. The monoisotopic (exact) mass is 514 g/mol. The molecule has 0 fully saturated rings. The number of methoxy groups -OCH3 is 3. The van der Waals surface area contributed by atoms with Crippen LogP contribution in [-0.2, 0) is 23.1 Å². The van der Waals surface area contributed by atoms with E-state index in [-0.39, 0.29) is 12.2 Å². The number of fused-ring (bicyclic) bond motifs is 1. The van der Waals surface area contributed by atoms with E-state index in [9.17, 15) is 15.2 Å². The number of rotatable bonds is 9. The number of ether oxygens (including phenoxy) is 4. The molecule has 1 N–H and O–H groups in total. The van der Waals surface area contributed by atoms with Crippen LogP contribution in [-0.4, -0.2) is 69.6 Å². The molecule has 37 heavy (non-hydrogen) atoms. The van der Waals surface area contributed by atoms with Gasteiger partial charge in [0.15, 0.2) is 17.7 Å². The highest BCUT2D eigenvalue weighted by Crippen LogP contribution is 2.48. The average molecular weight is 515 g/mol. The number of hydrogen-bond donors (Lipinski definition) is 1. The van der Waals surface area contributed by atoms with Crippen LogP contribution in [0.5, 0.6) is 11.5 Å². The summed E-state index contributed by atoms with van der Waals surface area (Å²) in [6, 6.07) is 8.95. The fourth-order valence-corrected chi connectivity index (χ4v) is 4.74. The number of tetrazole rings is 1. The lowest BCUT2D eigenvalue weighted by atomic mass is 9.83. The zero-order valence-electron chi connectivity index (χ0n) is 21.5. The van der Waals surface area contributed by atoms with E-state index < -0.39 is 29.0 Å². The van der Waals surface area contributed by atoms with E-state index in [1.54, 1.807) is 21.1 Å². The predicted octanol–water partition coefficient (Wildman–Crippen LogP) is 2.31. The zero-order chi connectivity index (χ0) is 26.9. The summed E-state index contributed by atoms with van der Waals surface area (Å²) in [5.74, 6) is 1.32. The van der Waals surface area contributed by atoms with Gasteiger partial charge in [0.2, 0.25) is 0 Å². The maximum Gasteiger partial charge on any atom is 0.270 e. The van der Waals surface area contributed by atoms with Crippen LogP contribution in [0.1, 0.15) is 29.9 Å². The minimum atomic E-state index is -1.39. The molecule has 198 valence electrons. The standard InChI is InChI=1S/C24H30N6O7/c1-14-7-9-16(34-4)12-18(14)29(13-20-25-27-28(3)26-20)21-17-11-15(30(32)33)8-10-19(17)37-24(2,22(21)31)23(35-5)36-6/h7-12,21-23,31H,13H2,1-6H3/t21-,22+,24-/m0/s1. The van der Waals surface area contributed by atoms with Crippen LogP contribution in [0.2, 0.25) is 0 Å². The number of nitro groups is 1. The van der Waals surface area contributed by atoms with Gasteiger partial charge in [-0.05, 0) is 36.8 Å². The molecule has 0 amide bonds. The Kier molecular flexibility index (Phi) is 7.30. The Morgan fingerprint density at radius 2 is 1.97 bits per heavy atom. The van der Waals surface area contributed by atoms with Gasteiger partial charge in [0.25, 0.3) is 5.69 Å². The second kappa shape index (κ2) is 10.3. The van der Waals surface area contributed by atoms with Crippen molar-refractivity contribution in [2.75, 3.05) is 26.2 Å². The van der Waals surface area contributed by atoms with E-state index in [0.717, 1.165) is 5.56 Å². The van der Waals surface area contributed by atoms with Crippen molar-refractivity contribution < 1.29 is 29.0 Å². The Morgan fingerprint density at radius 1 is 1.24 bits per heavy atom. The molecule has 0 saturated heterocycles. The summed E-state index contributed by atoms with van der Waals surface area (Å²) in [5.41, 5.74) is 0.448. The number of aliphatic hydroxyl groups is 1. The van der Waals surface area contributed by atoms with E-state index in [2.05, 4.69) is 15.4 Å². The van der Waals surface area contributed by atoms with Gasteiger partial charge in [-0.15, -0.1) is 10.2 Å². The Bertz CT molecular complexity index is 1280. The van der Waals surface area contributed by atoms with Gasteiger partial charge < -0.3 is 29.0 Å². The van der Waals surface area contributed by atoms with Gasteiger partial charge in [0.05, 0.1) is 31.7 Å². The highest BCUT2D eigenvalue weighted by atomic mass is 16.7. The van der Waals surface area contributed by atoms with E-state index in [0.29, 0.717) is 28.6 Å². The third-order valence-corrected chi connectivity index (χ3v) is 6.56. The molecule has 13 nitrogen and oxygen atoms in total. The van der Waals surface area contributed by atoms with Crippen molar-refractivity contribution in [2.45, 2.75) is 44.4 Å². The number of nitro benzene ring substituents is 1. The molecule has 0 aliphatic carbocycles. The SMILES string of the molecule is COc1ccc(C)c(N(Cc2nnn(C)n2)[C@H]2c3cc([N+](=O)[O-])ccc3O[C@](C)(C(OC)OC)[C@@H]2O)c1. The molecule has 2 aromatic carbocycles. The zero-order valence-corrected chi connectivity index (χ0v) is 21.5. The lowest BCUT2D eigenvalue weighted by Gasteiger charge is -2.50. The number of benzene rings is 2. The fraction of sp³-hybridized carbons (Fsp3) is 0.458. The van der Waals surface area contributed by atoms with Gasteiger partial charge in [-0.1, -0.05) is 6.07 Å². The van der Waals surface area contributed by atoms with E-state index >= 15 is 0 Å². The minimum absolute atomic E-state index is 0.117. The van der Waals surface area contributed by atoms with Gasteiger partial charge in [-0.3, -0.25) is 10.1 Å². The molecule has 0 bridgehead atoms. The van der Waals surface area contributed by atoms with Gasteiger partial charge >= 0.3 is 0 Å². The van der Waals surface area contributed by atoms with Gasteiger partial charge in [-0.25, -0.2) is 0 Å². The maximum atomic E-state index is 11.9. The van der Waals surface area contributed by atoms with Crippen molar-refractivity contribution in [1.82, 2.24) is 20.2 Å². The van der Waals surface area contributed by atoms with Crippen molar-refractivity contribution in [2.24, 2.45) is 7.05 Å². The number of aryl methyl sites for hydroxylation is 2. The molecule has 1 aromatic heterocycles. The van der Waals surface area contributed by atoms with Crippen molar-refractivity contribution in [1.29, 1.82) is 0 Å². The van der Waals surface area contributed by atoms with Crippen LogP contribution >= 0.6 is 0 Å². The van der Waals surface area contributed by atoms with Gasteiger partial charge in [-0.2, -0.15) is 4.80 Å². The van der Waals surface area contributed by atoms with E-state index in [1.165, 1.54) is 37.2 Å². The third-order valence-electron chi connectivity index (χ3n) is 6.56. The molecule has 1 aliphatic rings. The Balaban J connectivity index is 1.97. The number of anilines is 1. The molecule has 0 spiro atoms. The highest BCUT2D eigenvalue weighted by molar-refractivity contribution is 5.61. The summed E-state index contributed by atoms with van der Waals surface area (Å²) >= 11 is 0. The van der Waals surface area contributed by atoms with E-state index in [4.69, 9.17) is 18.9 Å². The Labute approximate surface area is 213 Å². The van der Waals surface area contributed by atoms with Gasteiger partial charge in [0, 0.05) is 43.7 Å². The average Bonchev–Trinajstić information content (AvgIpc) is 3.29. The summed E-state index contributed by atoms with van der Waals surface area (Å²) in [6.07, 6.45) is -2.24. The highest BCUT2D eigenvalue weighted by Gasteiger charge is 2.54. The number of non-ortho nitro benzene ring substituents is 1. The predicted molar refractivity (Wildman–Crippen MR) is 131 cm³/mol. The topological polar surface area (TPSA) is 147 Å². The molecule has 4 rings (SSSR count). The normalized spacial score (nSPS) is 20.9. The first-order valence-corrected chi connectivity index (χ1v) is 11.5. The fourth-order valence-electron chi connectivity index (χ4n) is 4.74. The summed E-state index contributed by atoms with van der Waals surface area (Å²) in [6.45, 7) is 3.70. The number of aliphatic hydroxyl groups excluding tert-OH is 1. The molecule has 3 aromatic rings. The largest absolute Gasteiger partial charge is 0.497 e. The Morgan fingerprint density at radius 3 is 2.57 bits per heavy atom. The van der Waals surface area contributed by atoms with Crippen molar-refractivity contribution >= 4 is 11.4 Å². The van der Waals surface area contributed by atoms with E-state index in [1.807, 2.05) is 30.0 Å². The van der Waals surface area contributed by atoms with Crippen molar-refractivity contribution in [3.63, 3.8) is 0 Å². The number of nitrogens with zero attached hydrogens (tertiary/aromatic N) is 6. The first-order valence-electron chi connectivity index (χ1n) is 11.5. The quantitative estimate of drug-likeness (QED) is 0.255. The van der Waals surface area contributed by atoms with Crippen LogP contribution in [0.15, 0.2) is 36.4 Å². The lowest BCUT2D eigenvalue weighted by molar-refractivity contribution is -0.385. The first kappa shape index (κ1) is 26.3. The summed E-state index contributed by atoms with van der Waals surface area (Å²) in [5, 5.41) is 36.0. The third kappa shape index (κ3) is 4.80. The summed E-state index contributed by atoms with van der Waals surface area (Å²) in [4.78, 5) is 14.4. The van der Waals surface area contributed by atoms with Crippen LogP contribution in [0.3, 0.4) is 0 Å². The van der Waals surface area contributed by atoms with Crippen LogP contribution in [0.25, 0.3) is 0 Å². The maximum absolute atomic E-state index is 11.9. The van der Waals surface area contributed by atoms with Gasteiger partial charge in [0.1, 0.15) is 17.6 Å². The van der Waals surface area contributed by atoms with Crippen molar-refractivity contribution in [3.05, 3.63) is 63.5 Å². The molecule has 0 saturated carbocycles. The number of aromatic nitrogens is 4. The van der Waals surface area contributed by atoms with Crippen LogP contribution in [0.4, 0.5) is 11.4 Å². The molecule has 0 unspecified atom stereocenters.